The Morgan fingerprint density at radius 3 is 1.00 bits per heavy atom. The van der Waals surface area contributed by atoms with Crippen molar-refractivity contribution in [3.05, 3.63) is 185 Å². The summed E-state index contributed by atoms with van der Waals surface area (Å²) in [5, 5.41) is 60.9. The standard InChI is InChI=1S/C40H30N12O10.2ClH/c1-61-37-23-27(7-21-35(37)47-43-39(25-3-9-31(10-4-25)49(53)54)41-45(47)29-13-17-33(18-14-29)51(57)58)28-8-22-36(38(24-28)62-2)48-44-40(26-5-11-32(12-6-26)50(55)56)42-46(48)30-15-19-34(20-16-30)52(59)60;;/h3-24H,1-2H3,(H,41,43)(H,42,44);2*1H. The van der Waals surface area contributed by atoms with E-state index >= 15 is 0 Å². The van der Waals surface area contributed by atoms with E-state index in [1.54, 1.807) is 58.8 Å². The number of hydrogen-bond acceptors (Lipinski definition) is 18. The third kappa shape index (κ3) is 8.70. The number of amidine groups is 2. The molecule has 326 valence electrons. The molecule has 0 aliphatic carbocycles. The predicted molar refractivity (Wildman–Crippen MR) is 241 cm³/mol. The largest absolute Gasteiger partial charge is 0.494 e. The Labute approximate surface area is 373 Å². The second kappa shape index (κ2) is 18.5. The molecule has 64 heavy (non-hydrogen) atoms. The third-order valence-corrected chi connectivity index (χ3v) is 9.63. The molecule has 0 aromatic heterocycles. The number of hydrazone groups is 2. The number of benzene rings is 6. The Bertz CT molecular complexity index is 2620. The van der Waals surface area contributed by atoms with E-state index in [0.29, 0.717) is 68.2 Å². The predicted octanol–water partition coefficient (Wildman–Crippen LogP) is 8.06. The molecule has 6 aromatic carbocycles. The van der Waals surface area contributed by atoms with E-state index in [9.17, 15) is 40.5 Å². The molecule has 0 saturated heterocycles. The number of nitro benzene ring substituents is 4. The van der Waals surface area contributed by atoms with Crippen LogP contribution >= 0.6 is 24.8 Å². The lowest BCUT2D eigenvalue weighted by Gasteiger charge is -2.29. The highest BCUT2D eigenvalue weighted by molar-refractivity contribution is 6.03. The molecule has 0 unspecified atom stereocenters. The normalized spacial score (nSPS) is 12.8. The molecule has 0 bridgehead atoms. The van der Waals surface area contributed by atoms with E-state index in [1.807, 2.05) is 12.1 Å². The number of ether oxygens (including phenoxy) is 2. The van der Waals surface area contributed by atoms with E-state index in [1.165, 1.54) is 97.3 Å². The summed E-state index contributed by atoms with van der Waals surface area (Å²) in [5.74, 6) is 1.42. The molecule has 24 heteroatoms. The number of nitro groups is 4. The zero-order chi connectivity index (χ0) is 43.7. The van der Waals surface area contributed by atoms with Crippen molar-refractivity contribution in [2.24, 2.45) is 10.2 Å². The molecule has 0 spiro atoms. The maximum atomic E-state index is 11.4. The van der Waals surface area contributed by atoms with Gasteiger partial charge in [-0.15, -0.1) is 35.0 Å². The second-order valence-corrected chi connectivity index (χ2v) is 13.3. The van der Waals surface area contributed by atoms with E-state index in [0.717, 1.165) is 0 Å². The van der Waals surface area contributed by atoms with Gasteiger partial charge in [0.2, 0.25) is 0 Å². The second-order valence-electron chi connectivity index (χ2n) is 13.3. The molecule has 2 aliphatic heterocycles. The van der Waals surface area contributed by atoms with Gasteiger partial charge >= 0.3 is 0 Å². The highest BCUT2D eigenvalue weighted by atomic mass is 35.5. The summed E-state index contributed by atoms with van der Waals surface area (Å²) >= 11 is 0. The van der Waals surface area contributed by atoms with Crippen molar-refractivity contribution in [3.8, 4) is 22.6 Å². The first-order valence-corrected chi connectivity index (χ1v) is 18.2. The van der Waals surface area contributed by atoms with Crippen LogP contribution in [0, 0.1) is 40.5 Å². The van der Waals surface area contributed by atoms with Gasteiger partial charge in [0.05, 0.1) is 45.3 Å². The molecule has 0 atom stereocenters. The number of anilines is 4. The lowest BCUT2D eigenvalue weighted by Crippen LogP contribution is -2.45. The molecular weight excluding hydrogens is 879 g/mol. The first-order chi connectivity index (χ1) is 29.9. The number of halogens is 2. The van der Waals surface area contributed by atoms with Gasteiger partial charge in [0.25, 0.3) is 22.7 Å². The summed E-state index contributed by atoms with van der Waals surface area (Å²) in [7, 11) is 2.98. The number of hydrogen-bond donors (Lipinski definition) is 2. The van der Waals surface area contributed by atoms with Crippen LogP contribution in [-0.2, 0) is 0 Å². The summed E-state index contributed by atoms with van der Waals surface area (Å²) in [4.78, 5) is 43.4. The average Bonchev–Trinajstić information content (AvgIpc) is 3.95. The molecule has 2 N–H and O–H groups in total. The van der Waals surface area contributed by atoms with Gasteiger partial charge in [-0.25, -0.2) is 0 Å². The topological polar surface area (TPSA) is 253 Å². The van der Waals surface area contributed by atoms with Crippen molar-refractivity contribution in [1.82, 2.24) is 10.9 Å². The van der Waals surface area contributed by atoms with E-state index in [2.05, 4.69) is 10.9 Å². The molecule has 8 rings (SSSR count). The highest BCUT2D eigenvalue weighted by Crippen LogP contribution is 2.40. The molecule has 22 nitrogen and oxygen atoms in total. The minimum Gasteiger partial charge on any atom is -0.494 e. The SMILES string of the molecule is COc1cc(-c2ccc(N3NC(c4ccc([N+](=O)[O-])cc4)=NN3c3ccc([N+](=O)[O-])cc3)c(OC)c2)ccc1N1NC(c2ccc([N+](=O)[O-])cc2)=NN1c1ccc([N+](=O)[O-])cc1.Cl.Cl. The van der Waals surface area contributed by atoms with Crippen LogP contribution in [0.3, 0.4) is 0 Å². The minimum absolute atomic E-state index is 0. The number of nitrogens with one attached hydrogen (secondary N) is 2. The molecule has 0 amide bonds. The van der Waals surface area contributed by atoms with Crippen molar-refractivity contribution in [2.45, 2.75) is 0 Å². The first kappa shape index (κ1) is 44.8. The monoisotopic (exact) mass is 910 g/mol. The summed E-state index contributed by atoms with van der Waals surface area (Å²) in [6.45, 7) is 0. The molecule has 2 heterocycles. The Morgan fingerprint density at radius 2 is 0.719 bits per heavy atom. The Hall–Kier alpha value is -8.76. The van der Waals surface area contributed by atoms with Gasteiger partial charge in [-0.2, -0.15) is 20.5 Å². The van der Waals surface area contributed by atoms with E-state index < -0.39 is 19.7 Å². The molecule has 2 aliphatic rings. The van der Waals surface area contributed by atoms with Crippen molar-refractivity contribution >= 4 is 82.0 Å². The third-order valence-electron chi connectivity index (χ3n) is 9.63. The zero-order valence-corrected chi connectivity index (χ0v) is 34.7. The number of non-ortho nitro benzene ring substituents is 4. The van der Waals surface area contributed by atoms with Gasteiger partial charge in [-0.1, -0.05) is 12.1 Å². The van der Waals surface area contributed by atoms with Gasteiger partial charge in [0.15, 0.2) is 11.7 Å². The molecule has 0 saturated carbocycles. The van der Waals surface area contributed by atoms with Crippen LogP contribution in [0.1, 0.15) is 11.1 Å². The van der Waals surface area contributed by atoms with Crippen molar-refractivity contribution in [1.29, 1.82) is 0 Å². The van der Waals surface area contributed by atoms with Gasteiger partial charge in [0.1, 0.15) is 22.9 Å². The van der Waals surface area contributed by atoms with Crippen molar-refractivity contribution < 1.29 is 29.2 Å². The zero-order valence-electron chi connectivity index (χ0n) is 33.1. The maximum Gasteiger partial charge on any atom is 0.269 e. The summed E-state index contributed by atoms with van der Waals surface area (Å²) in [5.41, 5.74) is 10.3. The fraction of sp³-hybridized carbons (Fsp3) is 0.0500. The van der Waals surface area contributed by atoms with Gasteiger partial charge in [-0.3, -0.25) is 51.3 Å². The van der Waals surface area contributed by atoms with Crippen molar-refractivity contribution in [2.75, 3.05) is 34.7 Å². The van der Waals surface area contributed by atoms with Crippen LogP contribution in [0.15, 0.2) is 144 Å². The van der Waals surface area contributed by atoms with E-state index in [4.69, 9.17) is 19.7 Å². The fourth-order valence-corrected chi connectivity index (χ4v) is 6.50. The Morgan fingerprint density at radius 1 is 0.438 bits per heavy atom. The Kier molecular flexibility index (Phi) is 12.9. The number of methoxy groups -OCH3 is 2. The smallest absolute Gasteiger partial charge is 0.269 e. The first-order valence-electron chi connectivity index (χ1n) is 18.2. The van der Waals surface area contributed by atoms with Crippen LogP contribution in [0.2, 0.25) is 0 Å². The van der Waals surface area contributed by atoms with Crippen LogP contribution in [-0.4, -0.2) is 45.6 Å². The fourth-order valence-electron chi connectivity index (χ4n) is 6.50. The molecule has 6 aromatic rings. The summed E-state index contributed by atoms with van der Waals surface area (Å²) in [6.07, 6.45) is 0. The number of rotatable bonds is 13. The average molecular weight is 912 g/mol. The number of nitrogens with zero attached hydrogens (tertiary/aromatic N) is 10. The van der Waals surface area contributed by atoms with Crippen LogP contribution in [0.25, 0.3) is 11.1 Å². The lowest BCUT2D eigenvalue weighted by molar-refractivity contribution is -0.385. The minimum atomic E-state index is -0.512. The van der Waals surface area contributed by atoms with E-state index in [-0.39, 0.29) is 47.6 Å². The number of hydrazine groups is 4. The van der Waals surface area contributed by atoms with Gasteiger partial charge in [0, 0.05) is 59.7 Å². The van der Waals surface area contributed by atoms with Gasteiger partial charge in [-0.05, 0) is 83.9 Å². The van der Waals surface area contributed by atoms with Crippen LogP contribution in [0.4, 0.5) is 45.5 Å². The van der Waals surface area contributed by atoms with Gasteiger partial charge < -0.3 is 9.47 Å². The lowest BCUT2D eigenvalue weighted by atomic mass is 10.0. The highest BCUT2D eigenvalue weighted by Gasteiger charge is 2.32. The molecule has 0 fully saturated rings. The Balaban J connectivity index is 0.00000340. The summed E-state index contributed by atoms with van der Waals surface area (Å²) in [6, 6.07) is 33.9. The van der Waals surface area contributed by atoms with Crippen LogP contribution in [0.5, 0.6) is 11.5 Å². The van der Waals surface area contributed by atoms with Crippen LogP contribution < -0.4 is 40.8 Å². The quantitative estimate of drug-likeness (QED) is 0.0820. The molecular formula is C40H32Cl2N12O10. The van der Waals surface area contributed by atoms with Crippen molar-refractivity contribution in [3.63, 3.8) is 0 Å². The summed E-state index contributed by atoms with van der Waals surface area (Å²) < 4.78 is 11.8. The molecule has 0 radical (unpaired) electrons. The maximum absolute atomic E-state index is 11.4.